The van der Waals surface area contributed by atoms with Gasteiger partial charge >= 0.3 is 0 Å². The highest BCUT2D eigenvalue weighted by Gasteiger charge is 2.34. The van der Waals surface area contributed by atoms with E-state index in [0.29, 0.717) is 0 Å². The summed E-state index contributed by atoms with van der Waals surface area (Å²) >= 11 is 4.11. The second-order valence-electron chi connectivity index (χ2n) is 17.1. The predicted molar refractivity (Wildman–Crippen MR) is 251 cm³/mol. The van der Waals surface area contributed by atoms with Crippen LogP contribution in [0.15, 0.2) is 60.7 Å². The monoisotopic (exact) mass is 759 g/mol. The molecule has 0 aliphatic rings. The molecule has 282 valence electrons. The second kappa shape index (κ2) is 15.6. The van der Waals surface area contributed by atoms with Crippen LogP contribution in [0.2, 0.25) is 0 Å². The molecule has 0 fully saturated rings. The fraction of sp³-hybridized carbons (Fsp3) is 0.360. The van der Waals surface area contributed by atoms with Gasteiger partial charge in [-0.05, 0) is 111 Å². The number of benzene rings is 4. The van der Waals surface area contributed by atoms with Crippen LogP contribution in [0.25, 0.3) is 20.4 Å². The Kier molecular flexibility index (Phi) is 11.2. The van der Waals surface area contributed by atoms with Gasteiger partial charge in [0.1, 0.15) is 0 Å². The summed E-state index contributed by atoms with van der Waals surface area (Å²) in [6, 6.07) is 24.3. The van der Waals surface area contributed by atoms with Gasteiger partial charge in [-0.3, -0.25) is 0 Å². The molecule has 0 aliphatic carbocycles. The first-order valence-corrected chi connectivity index (χ1v) is 22.2. The highest BCUT2D eigenvalue weighted by atomic mass is 32.1. The van der Waals surface area contributed by atoms with E-state index in [0.717, 1.165) is 6.54 Å². The standard InChI is InChI=1S/C50H59B2NS2/c1-14-15-16-17-18-53-41-27-43(51(45-33(6)19-29(2)20-34(45)7)46-35(8)21-30(3)22-36(46)9)54-49(41)50-42(53)28-44(55-50)52(47-37(10)23-31(4)24-38(47)11)48-39(12)25-32(5)26-40(48)13/h19-28H,14-18H2,1-13H3. The highest BCUT2D eigenvalue weighted by Crippen LogP contribution is 2.36. The summed E-state index contributed by atoms with van der Waals surface area (Å²) in [5.74, 6) is 0. The summed E-state index contributed by atoms with van der Waals surface area (Å²) in [5, 5.41) is 0. The van der Waals surface area contributed by atoms with Crippen LogP contribution in [0.5, 0.6) is 0 Å². The van der Waals surface area contributed by atoms with Gasteiger partial charge in [-0.2, -0.15) is 0 Å². The number of aryl methyl sites for hydroxylation is 13. The van der Waals surface area contributed by atoms with Crippen LogP contribution in [0.1, 0.15) is 99.4 Å². The minimum atomic E-state index is 0.185. The molecule has 0 bridgehead atoms. The molecule has 0 unspecified atom stereocenters. The fourth-order valence-electron chi connectivity index (χ4n) is 10.3. The van der Waals surface area contributed by atoms with Gasteiger partial charge in [0.25, 0.3) is 13.4 Å². The summed E-state index contributed by atoms with van der Waals surface area (Å²) in [4.78, 5) is 0. The third kappa shape index (κ3) is 7.33. The van der Waals surface area contributed by atoms with Crippen LogP contribution in [-0.4, -0.2) is 18.0 Å². The summed E-state index contributed by atoms with van der Waals surface area (Å²) < 4.78 is 8.55. The molecular formula is C50H59B2NS2. The quantitative estimate of drug-likeness (QED) is 0.0915. The van der Waals surface area contributed by atoms with Crippen molar-refractivity contribution in [3.05, 3.63) is 127 Å². The molecule has 0 aliphatic heterocycles. The van der Waals surface area contributed by atoms with Gasteiger partial charge in [-0.1, -0.05) is 163 Å². The van der Waals surface area contributed by atoms with E-state index in [-0.39, 0.29) is 13.4 Å². The van der Waals surface area contributed by atoms with Crippen LogP contribution in [-0.2, 0) is 6.54 Å². The van der Waals surface area contributed by atoms with Gasteiger partial charge in [0.05, 0.1) is 20.4 Å². The zero-order valence-corrected chi connectivity index (χ0v) is 37.4. The van der Waals surface area contributed by atoms with Gasteiger partial charge in [0.2, 0.25) is 0 Å². The normalized spacial score (nSPS) is 11.7. The molecular weight excluding hydrogens is 700 g/mol. The smallest absolute Gasteiger partial charge is 0.255 e. The van der Waals surface area contributed by atoms with Crippen LogP contribution in [0.4, 0.5) is 0 Å². The number of thiophene rings is 2. The number of fused-ring (bicyclic) bond motifs is 3. The summed E-state index contributed by atoms with van der Waals surface area (Å²) in [5.41, 5.74) is 25.2. The van der Waals surface area contributed by atoms with Gasteiger partial charge in [-0.25, -0.2) is 0 Å². The molecule has 7 aromatic rings. The average Bonchev–Trinajstić information content (AvgIpc) is 3.76. The van der Waals surface area contributed by atoms with Crippen molar-refractivity contribution >= 4 is 87.9 Å². The van der Waals surface area contributed by atoms with Crippen molar-refractivity contribution < 1.29 is 0 Å². The Bertz CT molecular complexity index is 2200. The number of hydrogen-bond acceptors (Lipinski definition) is 2. The maximum atomic E-state index is 2.71. The number of aromatic nitrogens is 1. The Morgan fingerprint density at radius 3 is 0.964 bits per heavy atom. The van der Waals surface area contributed by atoms with Crippen molar-refractivity contribution in [2.75, 3.05) is 0 Å². The molecule has 0 amide bonds. The largest absolute Gasteiger partial charge is 0.339 e. The summed E-state index contributed by atoms with van der Waals surface area (Å²) in [7, 11) is 0. The van der Waals surface area contributed by atoms with Crippen molar-refractivity contribution in [2.45, 2.75) is 122 Å². The van der Waals surface area contributed by atoms with Crippen molar-refractivity contribution in [1.82, 2.24) is 4.57 Å². The molecule has 0 spiro atoms. The van der Waals surface area contributed by atoms with Gasteiger partial charge in [0.15, 0.2) is 0 Å². The number of hydrogen-bond donors (Lipinski definition) is 0. The molecule has 3 heterocycles. The minimum Gasteiger partial charge on any atom is -0.339 e. The van der Waals surface area contributed by atoms with Crippen LogP contribution in [0, 0.1) is 83.1 Å². The van der Waals surface area contributed by atoms with Crippen molar-refractivity contribution in [3.63, 3.8) is 0 Å². The molecule has 0 atom stereocenters. The van der Waals surface area contributed by atoms with Crippen molar-refractivity contribution in [3.8, 4) is 0 Å². The molecule has 7 rings (SSSR count). The lowest BCUT2D eigenvalue weighted by molar-refractivity contribution is 0.602. The summed E-state index contributed by atoms with van der Waals surface area (Å²) in [6.07, 6.45) is 5.01. The first-order valence-electron chi connectivity index (χ1n) is 20.5. The molecule has 0 saturated carbocycles. The molecule has 1 nitrogen and oxygen atoms in total. The van der Waals surface area contributed by atoms with E-state index in [1.807, 2.05) is 0 Å². The molecule has 3 aromatic heterocycles. The van der Waals surface area contributed by atoms with E-state index in [2.05, 4.69) is 178 Å². The van der Waals surface area contributed by atoms with E-state index < -0.39 is 0 Å². The predicted octanol–water partition coefficient (Wildman–Crippen LogP) is 10.2. The maximum absolute atomic E-state index is 2.71. The van der Waals surface area contributed by atoms with E-state index in [1.54, 1.807) is 0 Å². The van der Waals surface area contributed by atoms with Crippen LogP contribution >= 0.6 is 22.7 Å². The maximum Gasteiger partial charge on any atom is 0.255 e. The SMILES string of the molecule is CCCCCCn1c2cc(B(c3c(C)cc(C)cc3C)c3c(C)cc(C)cc3C)sc2c2sc(B(c3c(C)cc(C)cc3C)c3c(C)cc(C)cc3C)cc21. The molecule has 0 saturated heterocycles. The van der Waals surface area contributed by atoms with Crippen molar-refractivity contribution in [1.29, 1.82) is 0 Å². The van der Waals surface area contributed by atoms with Gasteiger partial charge in [-0.15, -0.1) is 22.7 Å². The van der Waals surface area contributed by atoms with Crippen LogP contribution < -0.4 is 31.4 Å². The molecule has 5 heteroatoms. The Balaban J connectivity index is 1.51. The lowest BCUT2D eigenvalue weighted by Gasteiger charge is -2.23. The van der Waals surface area contributed by atoms with Gasteiger partial charge < -0.3 is 4.57 Å². The Hall–Kier alpha value is -3.79. The van der Waals surface area contributed by atoms with E-state index in [9.17, 15) is 0 Å². The summed E-state index contributed by atoms with van der Waals surface area (Å²) in [6.45, 7) is 31.3. The topological polar surface area (TPSA) is 4.93 Å². The van der Waals surface area contributed by atoms with E-state index in [4.69, 9.17) is 0 Å². The van der Waals surface area contributed by atoms with E-state index >= 15 is 0 Å². The van der Waals surface area contributed by atoms with Crippen LogP contribution in [0.3, 0.4) is 0 Å². The Morgan fingerprint density at radius 2 is 0.691 bits per heavy atom. The number of nitrogens with zero attached hydrogens (tertiary/aromatic N) is 1. The molecule has 55 heavy (non-hydrogen) atoms. The molecule has 0 N–H and O–H groups in total. The third-order valence-corrected chi connectivity index (χ3v) is 14.7. The minimum absolute atomic E-state index is 0.185. The zero-order valence-electron chi connectivity index (χ0n) is 35.7. The number of rotatable bonds is 11. The van der Waals surface area contributed by atoms with Gasteiger partial charge in [0, 0.05) is 6.54 Å². The molecule has 4 aromatic carbocycles. The molecule has 0 radical (unpaired) electrons. The lowest BCUT2D eigenvalue weighted by Crippen LogP contribution is -2.54. The Morgan fingerprint density at radius 1 is 0.400 bits per heavy atom. The average molecular weight is 760 g/mol. The Labute approximate surface area is 340 Å². The lowest BCUT2D eigenvalue weighted by atomic mass is 9.37. The first kappa shape index (κ1) is 39.4. The number of unbranched alkanes of at least 4 members (excludes halogenated alkanes) is 3. The third-order valence-electron chi connectivity index (χ3n) is 12.2. The first-order chi connectivity index (χ1) is 26.2. The van der Waals surface area contributed by atoms with E-state index in [1.165, 1.54) is 144 Å². The highest BCUT2D eigenvalue weighted by molar-refractivity contribution is 7.38. The fourth-order valence-corrected chi connectivity index (χ4v) is 13.0. The van der Waals surface area contributed by atoms with Crippen molar-refractivity contribution in [2.24, 2.45) is 0 Å². The second-order valence-corrected chi connectivity index (χ2v) is 19.2. The zero-order chi connectivity index (χ0) is 39.5.